The molecule has 1 heterocycles. The van der Waals surface area contributed by atoms with Crippen LogP contribution >= 0.6 is 11.3 Å². The van der Waals surface area contributed by atoms with E-state index in [0.29, 0.717) is 6.61 Å². The lowest BCUT2D eigenvalue weighted by atomic mass is 10.2. The van der Waals surface area contributed by atoms with E-state index in [-0.39, 0.29) is 17.8 Å². The molecule has 0 amide bonds. The summed E-state index contributed by atoms with van der Waals surface area (Å²) in [6.07, 6.45) is 0.619. The molecule has 0 aliphatic rings. The summed E-state index contributed by atoms with van der Waals surface area (Å²) < 4.78 is 6.05. The molecule has 1 aromatic rings. The van der Waals surface area contributed by atoms with Crippen LogP contribution in [0.2, 0.25) is 0 Å². The maximum atomic E-state index is 11.1. The lowest BCUT2D eigenvalue weighted by molar-refractivity contribution is -0.145. The van der Waals surface area contributed by atoms with Gasteiger partial charge in [0.25, 0.3) is 0 Å². The molecule has 0 fully saturated rings. The van der Waals surface area contributed by atoms with Gasteiger partial charge in [-0.05, 0) is 6.92 Å². The predicted molar refractivity (Wildman–Crippen MR) is 55.8 cm³/mol. The van der Waals surface area contributed by atoms with Gasteiger partial charge in [-0.1, -0.05) is 11.3 Å². The summed E-state index contributed by atoms with van der Waals surface area (Å²) in [6.45, 7) is 2.12. The van der Waals surface area contributed by atoms with E-state index in [0.717, 1.165) is 11.3 Å². The average molecular weight is 231 g/mol. The molecule has 1 rings (SSSR count). The molecule has 0 radical (unpaired) electrons. The van der Waals surface area contributed by atoms with Crippen molar-refractivity contribution in [3.8, 4) is 0 Å². The Hall–Kier alpha value is -1.14. The molecular weight excluding hydrogens is 218 g/mol. The summed E-state index contributed by atoms with van der Waals surface area (Å²) in [5.74, 6) is -0.451. The minimum absolute atomic E-state index is 0.0872. The molecule has 0 saturated carbocycles. The van der Waals surface area contributed by atoms with Crippen molar-refractivity contribution in [1.82, 2.24) is 4.57 Å². The Morgan fingerprint density at radius 1 is 1.73 bits per heavy atom. The van der Waals surface area contributed by atoms with Gasteiger partial charge in [0, 0.05) is 11.6 Å². The van der Waals surface area contributed by atoms with Crippen molar-refractivity contribution in [2.45, 2.75) is 26.0 Å². The van der Waals surface area contributed by atoms with E-state index in [4.69, 9.17) is 0 Å². The third kappa shape index (κ3) is 3.85. The third-order valence-electron chi connectivity index (χ3n) is 1.76. The highest BCUT2D eigenvalue weighted by molar-refractivity contribution is 7.07. The Bertz CT molecular complexity index is 370. The Morgan fingerprint density at radius 3 is 3.00 bits per heavy atom. The molecule has 1 atom stereocenters. The topological polar surface area (TPSA) is 68.5 Å². The monoisotopic (exact) mass is 231 g/mol. The molecule has 6 heteroatoms. The fourth-order valence-corrected chi connectivity index (χ4v) is 1.72. The molecule has 0 aliphatic carbocycles. The van der Waals surface area contributed by atoms with Gasteiger partial charge in [0.2, 0.25) is 0 Å². The molecule has 15 heavy (non-hydrogen) atoms. The number of ether oxygens (including phenoxy) is 1. The zero-order valence-electron chi connectivity index (χ0n) is 8.38. The second-order valence-electron chi connectivity index (χ2n) is 2.98. The molecule has 84 valence electrons. The number of nitrogens with zero attached hydrogens (tertiary/aromatic N) is 1. The molecule has 0 saturated heterocycles. The van der Waals surface area contributed by atoms with Gasteiger partial charge in [-0.3, -0.25) is 9.59 Å². The van der Waals surface area contributed by atoms with Crippen LogP contribution in [-0.4, -0.2) is 28.4 Å². The number of carbonyl (C=O) groups excluding carboxylic acids is 1. The SMILES string of the molecule is CCOC(=O)CC(O)Cn1ccsc1=O. The van der Waals surface area contributed by atoms with Gasteiger partial charge >= 0.3 is 10.8 Å². The van der Waals surface area contributed by atoms with Crippen LogP contribution in [-0.2, 0) is 16.1 Å². The number of aliphatic hydroxyl groups excluding tert-OH is 1. The summed E-state index contributed by atoms with van der Waals surface area (Å²) in [4.78, 5) is 22.0. The lowest BCUT2D eigenvalue weighted by Crippen LogP contribution is -2.25. The number of thiazole rings is 1. The van der Waals surface area contributed by atoms with Crippen molar-refractivity contribution in [1.29, 1.82) is 0 Å². The van der Waals surface area contributed by atoms with Gasteiger partial charge in [0.1, 0.15) is 0 Å². The number of hydrogen-bond acceptors (Lipinski definition) is 5. The van der Waals surface area contributed by atoms with Crippen molar-refractivity contribution < 1.29 is 14.6 Å². The molecule has 0 aromatic carbocycles. The summed E-state index contributed by atoms with van der Waals surface area (Å²) >= 11 is 1.06. The van der Waals surface area contributed by atoms with E-state index in [2.05, 4.69) is 4.74 Å². The standard InChI is InChI=1S/C9H13NO4S/c1-2-14-8(12)5-7(11)6-10-3-4-15-9(10)13/h3-4,7,11H,2,5-6H2,1H3. The number of aliphatic hydroxyl groups is 1. The normalized spacial score (nSPS) is 12.4. The first-order valence-corrected chi connectivity index (χ1v) is 5.49. The van der Waals surface area contributed by atoms with Gasteiger partial charge in [0.15, 0.2) is 0 Å². The first-order chi connectivity index (χ1) is 7.13. The first kappa shape index (κ1) is 11.9. The van der Waals surface area contributed by atoms with Crippen molar-refractivity contribution in [2.75, 3.05) is 6.61 Å². The maximum absolute atomic E-state index is 11.1. The first-order valence-electron chi connectivity index (χ1n) is 4.61. The van der Waals surface area contributed by atoms with E-state index < -0.39 is 12.1 Å². The largest absolute Gasteiger partial charge is 0.466 e. The van der Waals surface area contributed by atoms with E-state index in [1.54, 1.807) is 18.5 Å². The number of hydrogen-bond donors (Lipinski definition) is 1. The van der Waals surface area contributed by atoms with Crippen LogP contribution in [0, 0.1) is 0 Å². The van der Waals surface area contributed by atoms with Crippen LogP contribution in [0.15, 0.2) is 16.4 Å². The molecule has 1 aromatic heterocycles. The Labute approximate surface area is 90.9 Å². The van der Waals surface area contributed by atoms with Crippen LogP contribution in [0.25, 0.3) is 0 Å². The number of rotatable bonds is 5. The fraction of sp³-hybridized carbons (Fsp3) is 0.556. The minimum atomic E-state index is -0.878. The molecule has 1 unspecified atom stereocenters. The molecule has 1 N–H and O–H groups in total. The van der Waals surface area contributed by atoms with Crippen LogP contribution in [0.4, 0.5) is 0 Å². The smallest absolute Gasteiger partial charge is 0.308 e. The lowest BCUT2D eigenvalue weighted by Gasteiger charge is -2.09. The number of aromatic nitrogens is 1. The molecule has 0 aliphatic heterocycles. The van der Waals surface area contributed by atoms with Crippen molar-refractivity contribution in [3.05, 3.63) is 21.2 Å². The van der Waals surface area contributed by atoms with E-state index >= 15 is 0 Å². The molecule has 5 nitrogen and oxygen atoms in total. The molecule has 0 bridgehead atoms. The third-order valence-corrected chi connectivity index (χ3v) is 2.45. The highest BCUT2D eigenvalue weighted by Gasteiger charge is 2.12. The van der Waals surface area contributed by atoms with Gasteiger partial charge in [-0.2, -0.15) is 0 Å². The predicted octanol–water partition coefficient (Wildman–Crippen LogP) is 0.224. The zero-order chi connectivity index (χ0) is 11.3. The number of esters is 1. The van der Waals surface area contributed by atoms with Gasteiger partial charge in [0.05, 0.1) is 25.7 Å². The van der Waals surface area contributed by atoms with E-state index in [1.807, 2.05) is 0 Å². The summed E-state index contributed by atoms with van der Waals surface area (Å²) in [6, 6.07) is 0. The minimum Gasteiger partial charge on any atom is -0.466 e. The van der Waals surface area contributed by atoms with Crippen LogP contribution in [0.5, 0.6) is 0 Å². The summed E-state index contributed by atoms with van der Waals surface area (Å²) in [5, 5.41) is 11.1. The van der Waals surface area contributed by atoms with Crippen LogP contribution in [0.3, 0.4) is 0 Å². The average Bonchev–Trinajstić information content (AvgIpc) is 2.52. The molecular formula is C9H13NO4S. The highest BCUT2D eigenvalue weighted by atomic mass is 32.1. The summed E-state index contributed by atoms with van der Waals surface area (Å²) in [5.41, 5.74) is 0. The van der Waals surface area contributed by atoms with Gasteiger partial charge in [-0.25, -0.2) is 0 Å². The summed E-state index contributed by atoms with van der Waals surface area (Å²) in [7, 11) is 0. The van der Waals surface area contributed by atoms with Crippen LogP contribution < -0.4 is 4.87 Å². The van der Waals surface area contributed by atoms with Crippen LogP contribution in [0.1, 0.15) is 13.3 Å². The molecule has 0 spiro atoms. The number of carbonyl (C=O) groups is 1. The van der Waals surface area contributed by atoms with E-state index in [1.165, 1.54) is 4.57 Å². The van der Waals surface area contributed by atoms with Crippen molar-refractivity contribution >= 4 is 17.3 Å². The van der Waals surface area contributed by atoms with Gasteiger partial charge < -0.3 is 14.4 Å². The maximum Gasteiger partial charge on any atom is 0.308 e. The Balaban J connectivity index is 2.43. The zero-order valence-corrected chi connectivity index (χ0v) is 9.20. The van der Waals surface area contributed by atoms with Crippen molar-refractivity contribution in [3.63, 3.8) is 0 Å². The second kappa shape index (κ2) is 5.67. The fourth-order valence-electron chi connectivity index (χ4n) is 1.13. The van der Waals surface area contributed by atoms with Crippen molar-refractivity contribution in [2.24, 2.45) is 0 Å². The second-order valence-corrected chi connectivity index (χ2v) is 3.84. The quantitative estimate of drug-likeness (QED) is 0.736. The highest BCUT2D eigenvalue weighted by Crippen LogP contribution is 1.99. The van der Waals surface area contributed by atoms with E-state index in [9.17, 15) is 14.7 Å². The Kier molecular flexibility index (Phi) is 4.51. The van der Waals surface area contributed by atoms with Gasteiger partial charge in [-0.15, -0.1) is 0 Å². The Morgan fingerprint density at radius 2 is 2.47 bits per heavy atom.